The molecular formula is C16H16N2O5. The van der Waals surface area contributed by atoms with Crippen molar-refractivity contribution >= 4 is 23.5 Å². The fourth-order valence-electron chi connectivity index (χ4n) is 2.21. The number of nitrogens with one attached hydrogen (secondary N) is 1. The minimum Gasteiger partial charge on any atom is -0.497 e. The van der Waals surface area contributed by atoms with Crippen molar-refractivity contribution in [1.82, 2.24) is 0 Å². The molecule has 2 amide bonds. The van der Waals surface area contributed by atoms with Crippen molar-refractivity contribution in [2.75, 3.05) is 12.4 Å². The number of carbonyl (C=O) groups excluding carboxylic acids is 3. The summed E-state index contributed by atoms with van der Waals surface area (Å²) in [6.07, 6.45) is 0. The number of benzene rings is 1. The van der Waals surface area contributed by atoms with E-state index in [0.717, 1.165) is 0 Å². The van der Waals surface area contributed by atoms with E-state index in [0.29, 0.717) is 11.3 Å². The third-order valence-corrected chi connectivity index (χ3v) is 3.26. The van der Waals surface area contributed by atoms with E-state index in [9.17, 15) is 14.4 Å². The standard InChI is InChI=1S/C16H16N2O5/c1-8(19)12-9(2)23-16(13(12)14(17)20)18-15(21)10-4-6-11(22-3)7-5-10/h4-7H,1-3H3,(H2,17,20)(H,18,21). The molecule has 0 unspecified atom stereocenters. The van der Waals surface area contributed by atoms with Crippen molar-refractivity contribution in [3.63, 3.8) is 0 Å². The van der Waals surface area contributed by atoms with Gasteiger partial charge in [0.25, 0.3) is 11.8 Å². The van der Waals surface area contributed by atoms with E-state index < -0.39 is 11.8 Å². The number of Topliss-reactive ketones (excluding diaryl/α,β-unsaturated/α-hetero) is 1. The van der Waals surface area contributed by atoms with Crippen LogP contribution in [0, 0.1) is 6.92 Å². The maximum absolute atomic E-state index is 12.2. The third-order valence-electron chi connectivity index (χ3n) is 3.26. The number of hydrogen-bond acceptors (Lipinski definition) is 5. The second kappa shape index (κ2) is 6.35. The Morgan fingerprint density at radius 3 is 2.22 bits per heavy atom. The number of amides is 2. The molecule has 0 saturated heterocycles. The van der Waals surface area contributed by atoms with Crippen LogP contribution in [0.15, 0.2) is 28.7 Å². The summed E-state index contributed by atoms with van der Waals surface area (Å²) >= 11 is 0. The second-order valence-corrected chi connectivity index (χ2v) is 4.84. The van der Waals surface area contributed by atoms with Crippen molar-refractivity contribution in [3.05, 3.63) is 46.7 Å². The minimum atomic E-state index is -0.850. The Kier molecular flexibility index (Phi) is 4.49. The molecule has 0 aliphatic carbocycles. The highest BCUT2D eigenvalue weighted by Crippen LogP contribution is 2.27. The number of hydrogen-bond donors (Lipinski definition) is 2. The van der Waals surface area contributed by atoms with Gasteiger partial charge in [0, 0.05) is 5.56 Å². The van der Waals surface area contributed by atoms with Crippen LogP contribution >= 0.6 is 0 Å². The van der Waals surface area contributed by atoms with Crippen LogP contribution in [0.4, 0.5) is 5.88 Å². The molecule has 0 bridgehead atoms. The van der Waals surface area contributed by atoms with E-state index >= 15 is 0 Å². The first-order chi connectivity index (χ1) is 10.8. The molecule has 0 radical (unpaired) electrons. The first-order valence-electron chi connectivity index (χ1n) is 6.74. The number of aryl methyl sites for hydroxylation is 1. The van der Waals surface area contributed by atoms with Crippen molar-refractivity contribution in [2.24, 2.45) is 5.73 Å². The van der Waals surface area contributed by atoms with Gasteiger partial charge in [-0.3, -0.25) is 19.7 Å². The van der Waals surface area contributed by atoms with E-state index in [1.807, 2.05) is 0 Å². The minimum absolute atomic E-state index is 0.0718. The van der Waals surface area contributed by atoms with Gasteiger partial charge in [0.1, 0.15) is 17.1 Å². The normalized spacial score (nSPS) is 10.2. The Bertz CT molecular complexity index is 775. The summed E-state index contributed by atoms with van der Waals surface area (Å²) in [6, 6.07) is 6.36. The molecule has 7 nitrogen and oxygen atoms in total. The zero-order valence-electron chi connectivity index (χ0n) is 12.9. The first-order valence-corrected chi connectivity index (χ1v) is 6.74. The molecule has 23 heavy (non-hydrogen) atoms. The van der Waals surface area contributed by atoms with Gasteiger partial charge in [0.05, 0.1) is 12.7 Å². The van der Waals surface area contributed by atoms with Crippen LogP contribution in [0.1, 0.15) is 43.8 Å². The highest BCUT2D eigenvalue weighted by atomic mass is 16.5. The van der Waals surface area contributed by atoms with Crippen molar-refractivity contribution in [2.45, 2.75) is 13.8 Å². The van der Waals surface area contributed by atoms with Crippen LogP contribution in [0.3, 0.4) is 0 Å². The largest absolute Gasteiger partial charge is 0.497 e. The average molecular weight is 316 g/mol. The van der Waals surface area contributed by atoms with Gasteiger partial charge < -0.3 is 14.9 Å². The highest BCUT2D eigenvalue weighted by Gasteiger charge is 2.26. The zero-order chi connectivity index (χ0) is 17.1. The summed E-state index contributed by atoms with van der Waals surface area (Å²) in [5.41, 5.74) is 5.58. The number of methoxy groups -OCH3 is 1. The smallest absolute Gasteiger partial charge is 0.257 e. The third kappa shape index (κ3) is 3.23. The maximum Gasteiger partial charge on any atom is 0.257 e. The molecule has 0 saturated carbocycles. The lowest BCUT2D eigenvalue weighted by Gasteiger charge is -2.05. The summed E-state index contributed by atoms with van der Waals surface area (Å²) in [5, 5.41) is 2.46. The fourth-order valence-corrected chi connectivity index (χ4v) is 2.21. The Labute approximate surface area is 132 Å². The van der Waals surface area contributed by atoms with Gasteiger partial charge in [-0.05, 0) is 38.1 Å². The monoisotopic (exact) mass is 316 g/mol. The predicted octanol–water partition coefficient (Wildman–Crippen LogP) is 2.15. The van der Waals surface area contributed by atoms with Gasteiger partial charge in [-0.2, -0.15) is 0 Å². The van der Waals surface area contributed by atoms with E-state index in [-0.39, 0.29) is 28.6 Å². The average Bonchev–Trinajstić information content (AvgIpc) is 2.83. The van der Waals surface area contributed by atoms with Gasteiger partial charge in [0.2, 0.25) is 5.88 Å². The molecule has 3 N–H and O–H groups in total. The fraction of sp³-hybridized carbons (Fsp3) is 0.188. The van der Waals surface area contributed by atoms with Crippen LogP contribution in [-0.4, -0.2) is 24.7 Å². The summed E-state index contributed by atoms with van der Waals surface area (Å²) in [4.78, 5) is 35.5. The number of primary amides is 1. The molecule has 2 rings (SSSR count). The lowest BCUT2D eigenvalue weighted by atomic mass is 10.1. The van der Waals surface area contributed by atoms with Crippen LogP contribution in [0.5, 0.6) is 5.75 Å². The van der Waals surface area contributed by atoms with Gasteiger partial charge in [0.15, 0.2) is 5.78 Å². The van der Waals surface area contributed by atoms with Crippen molar-refractivity contribution in [3.8, 4) is 5.75 Å². The number of carbonyl (C=O) groups is 3. The number of nitrogens with two attached hydrogens (primary N) is 1. The Morgan fingerprint density at radius 1 is 1.13 bits per heavy atom. The van der Waals surface area contributed by atoms with Gasteiger partial charge in [-0.1, -0.05) is 0 Å². The molecule has 0 spiro atoms. The van der Waals surface area contributed by atoms with Crippen LogP contribution in [-0.2, 0) is 0 Å². The summed E-state index contributed by atoms with van der Waals surface area (Å²) < 4.78 is 10.3. The lowest BCUT2D eigenvalue weighted by Crippen LogP contribution is -2.19. The molecular weight excluding hydrogens is 300 g/mol. The number of anilines is 1. The number of rotatable bonds is 5. The maximum atomic E-state index is 12.2. The summed E-state index contributed by atoms with van der Waals surface area (Å²) in [5.74, 6) is -1.04. The van der Waals surface area contributed by atoms with Crippen molar-refractivity contribution in [1.29, 1.82) is 0 Å². The Morgan fingerprint density at radius 2 is 1.74 bits per heavy atom. The Balaban J connectivity index is 2.35. The molecule has 1 aromatic heterocycles. The van der Waals surface area contributed by atoms with Gasteiger partial charge in [-0.25, -0.2) is 0 Å². The topological polar surface area (TPSA) is 112 Å². The lowest BCUT2D eigenvalue weighted by molar-refractivity contribution is 0.0974. The predicted molar refractivity (Wildman–Crippen MR) is 82.9 cm³/mol. The molecule has 120 valence electrons. The first kappa shape index (κ1) is 16.3. The SMILES string of the molecule is COc1ccc(C(=O)Nc2oc(C)c(C(C)=O)c2C(N)=O)cc1. The van der Waals surface area contributed by atoms with E-state index in [4.69, 9.17) is 14.9 Å². The molecule has 0 fully saturated rings. The van der Waals surface area contributed by atoms with E-state index in [1.165, 1.54) is 21.0 Å². The summed E-state index contributed by atoms with van der Waals surface area (Å²) in [7, 11) is 1.52. The number of ether oxygens (including phenoxy) is 1. The van der Waals surface area contributed by atoms with Gasteiger partial charge >= 0.3 is 0 Å². The molecule has 1 heterocycles. The van der Waals surface area contributed by atoms with Crippen molar-refractivity contribution < 1.29 is 23.5 Å². The molecule has 7 heteroatoms. The molecule has 1 aromatic carbocycles. The zero-order valence-corrected chi connectivity index (χ0v) is 12.9. The van der Waals surface area contributed by atoms with Crippen LogP contribution in [0.25, 0.3) is 0 Å². The molecule has 2 aromatic rings. The van der Waals surface area contributed by atoms with Gasteiger partial charge in [-0.15, -0.1) is 0 Å². The Hall–Kier alpha value is -3.09. The molecule has 0 atom stereocenters. The highest BCUT2D eigenvalue weighted by molar-refractivity contribution is 6.13. The van der Waals surface area contributed by atoms with E-state index in [2.05, 4.69) is 5.32 Å². The van der Waals surface area contributed by atoms with Crippen LogP contribution in [0.2, 0.25) is 0 Å². The molecule has 0 aliphatic heterocycles. The van der Waals surface area contributed by atoms with E-state index in [1.54, 1.807) is 24.3 Å². The number of ketones is 1. The molecule has 0 aliphatic rings. The quantitative estimate of drug-likeness (QED) is 0.821. The number of furan rings is 1. The second-order valence-electron chi connectivity index (χ2n) is 4.84. The summed E-state index contributed by atoms with van der Waals surface area (Å²) in [6.45, 7) is 2.81. The van der Waals surface area contributed by atoms with Crippen LogP contribution < -0.4 is 15.8 Å².